The van der Waals surface area contributed by atoms with Crippen LogP contribution in [0.5, 0.6) is 0 Å². The fourth-order valence-electron chi connectivity index (χ4n) is 3.81. The molecule has 7 heteroatoms. The van der Waals surface area contributed by atoms with Gasteiger partial charge in [0.15, 0.2) is 5.82 Å². The smallest absolute Gasteiger partial charge is 0.321 e. The van der Waals surface area contributed by atoms with Gasteiger partial charge in [-0.3, -0.25) is 4.90 Å². The Hall–Kier alpha value is -2.41. The van der Waals surface area contributed by atoms with Crippen LogP contribution >= 0.6 is 0 Å². The first-order valence-electron chi connectivity index (χ1n) is 9.32. The Kier molecular flexibility index (Phi) is 4.63. The highest BCUT2D eigenvalue weighted by Crippen LogP contribution is 2.25. The largest absolute Gasteiger partial charge is 0.334 e. The lowest BCUT2D eigenvalue weighted by Crippen LogP contribution is -2.64. The topological polar surface area (TPSA) is 74.5 Å². The van der Waals surface area contributed by atoms with Crippen molar-refractivity contribution in [3.63, 3.8) is 0 Å². The number of amides is 2. The van der Waals surface area contributed by atoms with Gasteiger partial charge in [-0.1, -0.05) is 11.6 Å². The lowest BCUT2D eigenvalue weighted by atomic mass is 9.98. The van der Waals surface area contributed by atoms with E-state index in [4.69, 9.17) is 4.52 Å². The molecule has 2 aliphatic heterocycles. The molecule has 2 aromatic rings. The summed E-state index contributed by atoms with van der Waals surface area (Å²) in [4.78, 5) is 21.1. The van der Waals surface area contributed by atoms with E-state index in [1.165, 1.54) is 19.3 Å². The maximum absolute atomic E-state index is 12.4. The molecule has 1 atom stereocenters. The monoisotopic (exact) mass is 355 g/mol. The molecule has 1 aromatic carbocycles. The maximum Gasteiger partial charge on any atom is 0.321 e. The van der Waals surface area contributed by atoms with Gasteiger partial charge in [0.25, 0.3) is 5.89 Å². The number of aryl methyl sites for hydroxylation is 1. The molecule has 2 saturated heterocycles. The number of nitrogens with one attached hydrogen (secondary N) is 1. The van der Waals surface area contributed by atoms with Crippen LogP contribution in [0.3, 0.4) is 0 Å². The molecule has 0 radical (unpaired) electrons. The van der Waals surface area contributed by atoms with Crippen molar-refractivity contribution in [1.29, 1.82) is 0 Å². The molecule has 2 amide bonds. The quantitative estimate of drug-likeness (QED) is 0.915. The van der Waals surface area contributed by atoms with E-state index in [9.17, 15) is 4.79 Å². The third-order valence-electron chi connectivity index (χ3n) is 5.38. The summed E-state index contributed by atoms with van der Waals surface area (Å²) < 4.78 is 5.15. The molecule has 3 heterocycles. The molecule has 1 aromatic heterocycles. The average Bonchev–Trinajstić information content (AvgIpc) is 3.02. The van der Waals surface area contributed by atoms with Crippen molar-refractivity contribution in [2.75, 3.05) is 25.0 Å². The summed E-state index contributed by atoms with van der Waals surface area (Å²) in [5.74, 6) is 1.09. The number of anilines is 1. The number of carbonyl (C=O) groups is 1. The first kappa shape index (κ1) is 17.0. The second-order valence-electron chi connectivity index (χ2n) is 7.30. The molecule has 7 nitrogen and oxygen atoms in total. The summed E-state index contributed by atoms with van der Waals surface area (Å²) in [5, 5.41) is 6.75. The van der Waals surface area contributed by atoms with Gasteiger partial charge in [0.05, 0.1) is 0 Å². The zero-order chi connectivity index (χ0) is 18.1. The van der Waals surface area contributed by atoms with E-state index < -0.39 is 0 Å². The summed E-state index contributed by atoms with van der Waals surface area (Å²) in [6, 6.07) is 8.58. The van der Waals surface area contributed by atoms with Crippen LogP contribution in [0.4, 0.5) is 10.5 Å². The number of piperidine rings is 1. The van der Waals surface area contributed by atoms with Gasteiger partial charge in [-0.2, -0.15) is 4.98 Å². The van der Waals surface area contributed by atoms with Crippen molar-refractivity contribution in [2.24, 2.45) is 0 Å². The van der Waals surface area contributed by atoms with Crippen molar-refractivity contribution in [3.8, 4) is 11.5 Å². The number of urea groups is 1. The van der Waals surface area contributed by atoms with Gasteiger partial charge in [-0.05, 0) is 57.5 Å². The van der Waals surface area contributed by atoms with E-state index >= 15 is 0 Å². The molecule has 0 bridgehead atoms. The van der Waals surface area contributed by atoms with Crippen molar-refractivity contribution in [3.05, 3.63) is 30.1 Å². The van der Waals surface area contributed by atoms with Gasteiger partial charge < -0.3 is 14.7 Å². The van der Waals surface area contributed by atoms with Crippen LogP contribution in [0, 0.1) is 6.92 Å². The van der Waals surface area contributed by atoms with E-state index in [1.807, 2.05) is 29.2 Å². The highest BCUT2D eigenvalue weighted by atomic mass is 16.5. The first-order valence-corrected chi connectivity index (χ1v) is 9.32. The molecule has 0 unspecified atom stereocenters. The lowest BCUT2D eigenvalue weighted by molar-refractivity contribution is 0.0199. The van der Waals surface area contributed by atoms with Gasteiger partial charge in [0, 0.05) is 36.4 Å². The molecule has 138 valence electrons. The Balaban J connectivity index is 1.30. The Morgan fingerprint density at radius 3 is 2.65 bits per heavy atom. The van der Waals surface area contributed by atoms with Crippen LogP contribution in [0.15, 0.2) is 28.8 Å². The van der Waals surface area contributed by atoms with Gasteiger partial charge in [-0.25, -0.2) is 4.79 Å². The molecule has 4 rings (SSSR count). The number of likely N-dealkylation sites (tertiary alicyclic amines) is 2. The molecule has 0 aliphatic carbocycles. The summed E-state index contributed by atoms with van der Waals surface area (Å²) in [5.41, 5.74) is 1.61. The molecule has 1 N–H and O–H groups in total. The van der Waals surface area contributed by atoms with Crippen LogP contribution in [0.1, 0.15) is 32.0 Å². The SMILES string of the molecule is Cc1noc(-c2ccc(NC(=O)N3CC(N4CCCC[C@H]4C)C3)cc2)n1. The zero-order valence-electron chi connectivity index (χ0n) is 15.3. The number of carbonyl (C=O) groups excluding carboxylic acids is 1. The van der Waals surface area contributed by atoms with Crippen molar-refractivity contribution >= 4 is 11.7 Å². The predicted molar refractivity (Wildman–Crippen MR) is 98.9 cm³/mol. The Morgan fingerprint density at radius 1 is 1.23 bits per heavy atom. The van der Waals surface area contributed by atoms with Crippen LogP contribution < -0.4 is 5.32 Å². The van der Waals surface area contributed by atoms with Crippen molar-refractivity contribution in [1.82, 2.24) is 19.9 Å². The molecular formula is C19H25N5O2. The standard InChI is InChI=1S/C19H25N5O2/c1-13-5-3-4-10-24(13)17-11-23(12-17)19(25)21-16-8-6-15(7-9-16)18-20-14(2)22-26-18/h6-9,13,17H,3-5,10-12H2,1-2H3,(H,21,25)/t13-/m1/s1. The van der Waals surface area contributed by atoms with E-state index in [-0.39, 0.29) is 6.03 Å². The summed E-state index contributed by atoms with van der Waals surface area (Å²) in [6.07, 6.45) is 3.88. The van der Waals surface area contributed by atoms with Gasteiger partial charge in [-0.15, -0.1) is 0 Å². The van der Waals surface area contributed by atoms with Crippen LogP contribution in [-0.4, -0.2) is 57.7 Å². The Labute approximate surface area is 153 Å². The number of aromatic nitrogens is 2. The fourth-order valence-corrected chi connectivity index (χ4v) is 3.81. The van der Waals surface area contributed by atoms with Crippen LogP contribution in [0.25, 0.3) is 11.5 Å². The number of rotatable bonds is 3. The third-order valence-corrected chi connectivity index (χ3v) is 5.38. The maximum atomic E-state index is 12.4. The van der Waals surface area contributed by atoms with E-state index in [0.29, 0.717) is 23.8 Å². The van der Waals surface area contributed by atoms with Crippen molar-refractivity contribution < 1.29 is 9.32 Å². The number of benzene rings is 1. The molecular weight excluding hydrogens is 330 g/mol. The average molecular weight is 355 g/mol. The summed E-state index contributed by atoms with van der Waals surface area (Å²) in [7, 11) is 0. The normalized spacial score (nSPS) is 21.5. The zero-order valence-corrected chi connectivity index (χ0v) is 15.3. The van der Waals surface area contributed by atoms with Gasteiger partial charge in [0.1, 0.15) is 0 Å². The van der Waals surface area contributed by atoms with Crippen LogP contribution in [0.2, 0.25) is 0 Å². The van der Waals surface area contributed by atoms with E-state index in [2.05, 4.69) is 27.3 Å². The van der Waals surface area contributed by atoms with Crippen molar-refractivity contribution in [2.45, 2.75) is 45.2 Å². The van der Waals surface area contributed by atoms with Crippen LogP contribution in [-0.2, 0) is 0 Å². The second kappa shape index (κ2) is 7.07. The number of nitrogens with zero attached hydrogens (tertiary/aromatic N) is 4. The molecule has 0 spiro atoms. The van der Waals surface area contributed by atoms with E-state index in [0.717, 1.165) is 30.9 Å². The number of hydrogen-bond donors (Lipinski definition) is 1. The molecule has 26 heavy (non-hydrogen) atoms. The first-order chi connectivity index (χ1) is 12.6. The lowest BCUT2D eigenvalue weighted by Gasteiger charge is -2.49. The highest BCUT2D eigenvalue weighted by Gasteiger charge is 2.37. The summed E-state index contributed by atoms with van der Waals surface area (Å²) in [6.45, 7) is 6.88. The van der Waals surface area contributed by atoms with Gasteiger partial charge >= 0.3 is 6.03 Å². The van der Waals surface area contributed by atoms with E-state index in [1.54, 1.807) is 6.92 Å². The number of hydrogen-bond acceptors (Lipinski definition) is 5. The Bertz CT molecular complexity index is 766. The fraction of sp³-hybridized carbons (Fsp3) is 0.526. The highest BCUT2D eigenvalue weighted by molar-refractivity contribution is 5.90. The second-order valence-corrected chi connectivity index (χ2v) is 7.30. The summed E-state index contributed by atoms with van der Waals surface area (Å²) >= 11 is 0. The molecule has 2 aliphatic rings. The minimum atomic E-state index is -0.0349. The van der Waals surface area contributed by atoms with Gasteiger partial charge in [0.2, 0.25) is 0 Å². The predicted octanol–water partition coefficient (Wildman–Crippen LogP) is 3.14. The Morgan fingerprint density at radius 2 is 2.00 bits per heavy atom. The minimum Gasteiger partial charge on any atom is -0.334 e. The minimum absolute atomic E-state index is 0.0349. The molecule has 2 fully saturated rings. The third kappa shape index (κ3) is 3.44. The molecule has 0 saturated carbocycles.